The molecule has 2 aromatic carbocycles. The first-order valence-corrected chi connectivity index (χ1v) is 9.91. The predicted octanol–water partition coefficient (Wildman–Crippen LogP) is 4.15. The van der Waals surface area contributed by atoms with Crippen LogP contribution >= 0.6 is 0 Å². The molecule has 152 valence electrons. The molecule has 1 aliphatic rings. The highest BCUT2D eigenvalue weighted by Gasteiger charge is 2.20. The van der Waals surface area contributed by atoms with Crippen LogP contribution in [0.4, 0.5) is 0 Å². The Morgan fingerprint density at radius 3 is 2.14 bits per heavy atom. The minimum Gasteiger partial charge on any atom is -0.454 e. The molecule has 5 nitrogen and oxygen atoms in total. The average molecular weight is 393 g/mol. The van der Waals surface area contributed by atoms with E-state index in [0.717, 1.165) is 24.1 Å². The smallest absolute Gasteiger partial charge is 0.338 e. The van der Waals surface area contributed by atoms with Gasteiger partial charge in [-0.3, -0.25) is 9.59 Å². The zero-order valence-corrected chi connectivity index (χ0v) is 17.2. The number of rotatable bonds is 6. The third-order valence-electron chi connectivity index (χ3n) is 5.14. The summed E-state index contributed by atoms with van der Waals surface area (Å²) in [6.07, 6.45) is 1.51. The first-order valence-electron chi connectivity index (χ1n) is 9.91. The summed E-state index contributed by atoms with van der Waals surface area (Å²) in [5, 5.41) is 0. The van der Waals surface area contributed by atoms with Gasteiger partial charge in [-0.05, 0) is 35.1 Å². The lowest BCUT2D eigenvalue weighted by Gasteiger charge is -2.19. The van der Waals surface area contributed by atoms with Crippen LogP contribution in [0.25, 0.3) is 0 Å². The van der Waals surface area contributed by atoms with Crippen molar-refractivity contribution in [1.29, 1.82) is 0 Å². The van der Waals surface area contributed by atoms with Gasteiger partial charge in [-0.1, -0.05) is 57.2 Å². The van der Waals surface area contributed by atoms with Gasteiger partial charge < -0.3 is 9.64 Å². The zero-order chi connectivity index (χ0) is 21.0. The van der Waals surface area contributed by atoms with E-state index in [1.54, 1.807) is 24.3 Å². The van der Waals surface area contributed by atoms with Crippen molar-refractivity contribution in [2.45, 2.75) is 45.6 Å². The third-order valence-corrected chi connectivity index (χ3v) is 5.14. The fourth-order valence-corrected chi connectivity index (χ4v) is 3.29. The number of esters is 1. The molecule has 1 heterocycles. The maximum absolute atomic E-state index is 12.3. The Hall–Kier alpha value is -2.95. The summed E-state index contributed by atoms with van der Waals surface area (Å²) < 4.78 is 5.18. The Bertz CT molecular complexity index is 892. The summed E-state index contributed by atoms with van der Waals surface area (Å²) in [6, 6.07) is 14.4. The molecule has 0 spiro atoms. The fraction of sp³-hybridized carbons (Fsp3) is 0.375. The second-order valence-corrected chi connectivity index (χ2v) is 8.44. The van der Waals surface area contributed by atoms with Gasteiger partial charge in [-0.15, -0.1) is 0 Å². The average Bonchev–Trinajstić information content (AvgIpc) is 3.10. The van der Waals surface area contributed by atoms with E-state index < -0.39 is 5.97 Å². The molecule has 1 saturated heterocycles. The highest BCUT2D eigenvalue weighted by Crippen LogP contribution is 2.22. The van der Waals surface area contributed by atoms with Crippen molar-refractivity contribution in [2.24, 2.45) is 0 Å². The van der Waals surface area contributed by atoms with E-state index in [9.17, 15) is 14.4 Å². The maximum Gasteiger partial charge on any atom is 0.338 e. The lowest BCUT2D eigenvalue weighted by molar-refractivity contribution is -0.128. The normalized spacial score (nSPS) is 14.2. The van der Waals surface area contributed by atoms with Crippen LogP contribution < -0.4 is 0 Å². The van der Waals surface area contributed by atoms with Crippen LogP contribution in [0.1, 0.15) is 65.5 Å². The first-order chi connectivity index (χ1) is 13.7. The van der Waals surface area contributed by atoms with E-state index in [4.69, 9.17) is 4.74 Å². The monoisotopic (exact) mass is 393 g/mol. The standard InChI is InChI=1S/C24H27NO4/c1-24(2,3)20-12-10-18(11-13-20)21(26)16-29-23(28)19-8-6-17(7-9-19)15-25-14-4-5-22(25)27/h6-13H,4-5,14-16H2,1-3H3. The largest absolute Gasteiger partial charge is 0.454 e. The molecule has 3 rings (SSSR count). The molecule has 1 fully saturated rings. The van der Waals surface area contributed by atoms with Crippen molar-refractivity contribution < 1.29 is 19.1 Å². The second-order valence-electron chi connectivity index (χ2n) is 8.44. The van der Waals surface area contributed by atoms with E-state index in [2.05, 4.69) is 20.8 Å². The second kappa shape index (κ2) is 8.60. The molecular formula is C24H27NO4. The van der Waals surface area contributed by atoms with E-state index in [1.165, 1.54) is 0 Å². The Kier molecular flexibility index (Phi) is 6.16. The van der Waals surface area contributed by atoms with Gasteiger partial charge >= 0.3 is 5.97 Å². The minimum absolute atomic E-state index is 0.0161. The molecule has 0 unspecified atom stereocenters. The molecule has 0 radical (unpaired) electrons. The van der Waals surface area contributed by atoms with Crippen molar-refractivity contribution in [3.8, 4) is 0 Å². The molecular weight excluding hydrogens is 366 g/mol. The van der Waals surface area contributed by atoms with Crippen LogP contribution in [0.15, 0.2) is 48.5 Å². The summed E-state index contributed by atoms with van der Waals surface area (Å²) >= 11 is 0. The van der Waals surface area contributed by atoms with Crippen molar-refractivity contribution in [1.82, 2.24) is 4.90 Å². The van der Waals surface area contributed by atoms with E-state index in [1.807, 2.05) is 29.2 Å². The maximum atomic E-state index is 12.3. The van der Waals surface area contributed by atoms with Gasteiger partial charge in [0.2, 0.25) is 5.91 Å². The number of ketones is 1. The van der Waals surface area contributed by atoms with Crippen LogP contribution in [0.3, 0.4) is 0 Å². The van der Waals surface area contributed by atoms with Crippen LogP contribution in [-0.4, -0.2) is 35.7 Å². The number of likely N-dealkylation sites (tertiary alicyclic amines) is 1. The molecule has 0 saturated carbocycles. The molecule has 0 atom stereocenters. The number of hydrogen-bond acceptors (Lipinski definition) is 4. The Morgan fingerprint density at radius 1 is 0.966 bits per heavy atom. The van der Waals surface area contributed by atoms with Crippen LogP contribution in [-0.2, 0) is 21.5 Å². The van der Waals surface area contributed by atoms with Gasteiger partial charge in [0.15, 0.2) is 12.4 Å². The molecule has 0 aromatic heterocycles. The molecule has 0 N–H and O–H groups in total. The highest BCUT2D eigenvalue weighted by atomic mass is 16.5. The van der Waals surface area contributed by atoms with E-state index in [0.29, 0.717) is 24.1 Å². The predicted molar refractivity (Wildman–Crippen MR) is 111 cm³/mol. The van der Waals surface area contributed by atoms with Crippen LogP contribution in [0.5, 0.6) is 0 Å². The number of nitrogens with zero attached hydrogens (tertiary/aromatic N) is 1. The number of benzene rings is 2. The van der Waals surface area contributed by atoms with Crippen molar-refractivity contribution in [3.05, 3.63) is 70.8 Å². The van der Waals surface area contributed by atoms with Gasteiger partial charge in [-0.25, -0.2) is 4.79 Å². The van der Waals surface area contributed by atoms with Crippen molar-refractivity contribution >= 4 is 17.7 Å². The summed E-state index contributed by atoms with van der Waals surface area (Å²) in [4.78, 5) is 38.1. The summed E-state index contributed by atoms with van der Waals surface area (Å²) in [5.41, 5.74) is 3.03. The number of carbonyl (C=O) groups is 3. The first kappa shape index (κ1) is 20.8. The number of hydrogen-bond donors (Lipinski definition) is 0. The summed E-state index contributed by atoms with van der Waals surface area (Å²) in [7, 11) is 0. The van der Waals surface area contributed by atoms with E-state index >= 15 is 0 Å². The lowest BCUT2D eigenvalue weighted by Crippen LogP contribution is -2.23. The van der Waals surface area contributed by atoms with Crippen LogP contribution in [0.2, 0.25) is 0 Å². The number of ether oxygens (including phenoxy) is 1. The summed E-state index contributed by atoms with van der Waals surface area (Å²) in [5.74, 6) is -0.598. The quantitative estimate of drug-likeness (QED) is 0.546. The van der Waals surface area contributed by atoms with Gasteiger partial charge in [0.05, 0.1) is 5.56 Å². The van der Waals surface area contributed by atoms with Crippen LogP contribution in [0, 0.1) is 0 Å². The fourth-order valence-electron chi connectivity index (χ4n) is 3.29. The molecule has 5 heteroatoms. The Balaban J connectivity index is 1.53. The third kappa shape index (κ3) is 5.31. The molecule has 1 aliphatic heterocycles. The van der Waals surface area contributed by atoms with Gasteiger partial charge in [-0.2, -0.15) is 0 Å². The lowest BCUT2D eigenvalue weighted by atomic mass is 9.86. The highest BCUT2D eigenvalue weighted by molar-refractivity contribution is 5.99. The molecule has 29 heavy (non-hydrogen) atoms. The van der Waals surface area contributed by atoms with Gasteiger partial charge in [0.25, 0.3) is 0 Å². The minimum atomic E-state index is -0.534. The summed E-state index contributed by atoms with van der Waals surface area (Å²) in [6.45, 7) is 7.37. The number of carbonyl (C=O) groups excluding carboxylic acids is 3. The zero-order valence-electron chi connectivity index (χ0n) is 17.2. The molecule has 0 aliphatic carbocycles. The Labute approximate surface area is 171 Å². The Morgan fingerprint density at radius 2 is 1.59 bits per heavy atom. The van der Waals surface area contributed by atoms with Gasteiger partial charge in [0.1, 0.15) is 0 Å². The molecule has 1 amide bonds. The number of amides is 1. The number of Topliss-reactive ketones (excluding diaryl/α,β-unsaturated/α-hetero) is 1. The molecule has 0 bridgehead atoms. The molecule has 2 aromatic rings. The van der Waals surface area contributed by atoms with Crippen molar-refractivity contribution in [2.75, 3.05) is 13.2 Å². The van der Waals surface area contributed by atoms with Crippen molar-refractivity contribution in [3.63, 3.8) is 0 Å². The SMILES string of the molecule is CC(C)(C)c1ccc(C(=O)COC(=O)c2ccc(CN3CCCC3=O)cc2)cc1. The van der Waals surface area contributed by atoms with E-state index in [-0.39, 0.29) is 23.7 Å². The van der Waals surface area contributed by atoms with Gasteiger partial charge in [0, 0.05) is 25.1 Å². The topological polar surface area (TPSA) is 63.7 Å².